The molecule has 0 bridgehead atoms. The van der Waals surface area contributed by atoms with Gasteiger partial charge in [0, 0.05) is 12.5 Å². The van der Waals surface area contributed by atoms with Crippen LogP contribution in [0.15, 0.2) is 24.3 Å². The Morgan fingerprint density at radius 3 is 2.57 bits per heavy atom. The third kappa shape index (κ3) is 4.71. The Labute approximate surface area is 139 Å². The van der Waals surface area contributed by atoms with E-state index in [-0.39, 0.29) is 12.0 Å². The van der Waals surface area contributed by atoms with Crippen LogP contribution in [0.5, 0.6) is 5.75 Å². The smallest absolute Gasteiger partial charge is 0.224 e. The molecule has 1 N–H and O–H groups in total. The maximum absolute atomic E-state index is 12.4. The molecule has 126 valence electrons. The molecule has 1 amide bonds. The number of benzene rings is 1. The van der Waals surface area contributed by atoms with Crippen molar-refractivity contribution in [1.82, 2.24) is 4.90 Å². The minimum absolute atomic E-state index is 0.0970. The predicted octanol–water partition coefficient (Wildman–Crippen LogP) is 3.68. The van der Waals surface area contributed by atoms with Gasteiger partial charge < -0.3 is 15.0 Å². The van der Waals surface area contributed by atoms with E-state index in [0.717, 1.165) is 43.4 Å². The zero-order valence-corrected chi connectivity index (χ0v) is 14.3. The van der Waals surface area contributed by atoms with E-state index in [9.17, 15) is 4.79 Å². The van der Waals surface area contributed by atoms with Gasteiger partial charge >= 0.3 is 0 Å². The third-order valence-electron chi connectivity index (χ3n) is 4.71. The van der Waals surface area contributed by atoms with Gasteiger partial charge in [0.2, 0.25) is 5.91 Å². The number of hydrogen-bond acceptors (Lipinski definition) is 3. The second-order valence-corrected chi connectivity index (χ2v) is 7.13. The Kier molecular flexibility index (Phi) is 5.21. The minimum Gasteiger partial charge on any atom is -0.489 e. The molecule has 0 radical (unpaired) electrons. The molecule has 1 saturated carbocycles. The Bertz CT molecular complexity index is 532. The molecule has 0 aromatic heterocycles. The summed E-state index contributed by atoms with van der Waals surface area (Å²) in [6.45, 7) is 6.31. The molecular weight excluding hydrogens is 288 g/mol. The van der Waals surface area contributed by atoms with E-state index in [2.05, 4.69) is 10.2 Å². The van der Waals surface area contributed by atoms with Gasteiger partial charge in [0.25, 0.3) is 0 Å². The first-order valence-electron chi connectivity index (χ1n) is 8.91. The number of nitrogens with zero attached hydrogens (tertiary/aromatic N) is 1. The van der Waals surface area contributed by atoms with E-state index in [1.54, 1.807) is 0 Å². The number of piperidine rings is 1. The van der Waals surface area contributed by atoms with Gasteiger partial charge in [0.15, 0.2) is 0 Å². The van der Waals surface area contributed by atoms with Crippen LogP contribution in [0.4, 0.5) is 5.69 Å². The number of likely N-dealkylation sites (tertiary alicyclic amines) is 1. The normalized spacial score (nSPS) is 19.8. The van der Waals surface area contributed by atoms with Crippen molar-refractivity contribution >= 4 is 11.6 Å². The highest BCUT2D eigenvalue weighted by atomic mass is 16.5. The lowest BCUT2D eigenvalue weighted by atomic mass is 9.93. The van der Waals surface area contributed by atoms with E-state index >= 15 is 0 Å². The van der Waals surface area contributed by atoms with E-state index in [1.807, 2.05) is 38.1 Å². The molecule has 0 unspecified atom stereocenters. The van der Waals surface area contributed by atoms with Crippen LogP contribution in [0.3, 0.4) is 0 Å². The fourth-order valence-corrected chi connectivity index (χ4v) is 3.35. The standard InChI is InChI=1S/C19H28N2O2/c1-14(2)23-18-6-4-3-5-17(18)20-19(22)13-15-9-11-21(12-10-15)16-7-8-16/h3-6,14-16H,7-13H2,1-2H3,(H,20,22). The summed E-state index contributed by atoms with van der Waals surface area (Å²) in [6.07, 6.45) is 5.76. The number of carbonyl (C=O) groups is 1. The summed E-state index contributed by atoms with van der Waals surface area (Å²) < 4.78 is 5.76. The van der Waals surface area contributed by atoms with E-state index in [0.29, 0.717) is 12.3 Å². The molecule has 0 atom stereocenters. The van der Waals surface area contributed by atoms with Crippen LogP contribution in [0, 0.1) is 5.92 Å². The van der Waals surface area contributed by atoms with Gasteiger partial charge in [0.05, 0.1) is 11.8 Å². The lowest BCUT2D eigenvalue weighted by Crippen LogP contribution is -2.36. The molecule has 23 heavy (non-hydrogen) atoms. The zero-order valence-electron chi connectivity index (χ0n) is 14.3. The minimum atomic E-state index is 0.0970. The number of carbonyl (C=O) groups excluding carboxylic acids is 1. The number of amides is 1. The number of anilines is 1. The number of para-hydroxylation sites is 2. The summed E-state index contributed by atoms with van der Waals surface area (Å²) >= 11 is 0. The molecule has 1 aliphatic heterocycles. The van der Waals surface area contributed by atoms with E-state index in [1.165, 1.54) is 12.8 Å². The molecule has 1 aromatic rings. The van der Waals surface area contributed by atoms with Crippen LogP contribution in [-0.4, -0.2) is 36.0 Å². The second kappa shape index (κ2) is 7.35. The Morgan fingerprint density at radius 1 is 1.22 bits per heavy atom. The molecule has 1 aromatic carbocycles. The van der Waals surface area contributed by atoms with Crippen LogP contribution in [-0.2, 0) is 4.79 Å². The van der Waals surface area contributed by atoms with Crippen molar-refractivity contribution < 1.29 is 9.53 Å². The van der Waals surface area contributed by atoms with Crippen LogP contribution in [0.1, 0.15) is 46.0 Å². The molecule has 1 saturated heterocycles. The van der Waals surface area contributed by atoms with Gasteiger partial charge in [-0.05, 0) is 70.7 Å². The third-order valence-corrected chi connectivity index (χ3v) is 4.71. The molecule has 2 fully saturated rings. The quantitative estimate of drug-likeness (QED) is 0.870. The maximum atomic E-state index is 12.4. The summed E-state index contributed by atoms with van der Waals surface area (Å²) in [5.74, 6) is 1.37. The van der Waals surface area contributed by atoms with E-state index < -0.39 is 0 Å². The van der Waals surface area contributed by atoms with Crippen molar-refractivity contribution in [3.05, 3.63) is 24.3 Å². The second-order valence-electron chi connectivity index (χ2n) is 7.13. The van der Waals surface area contributed by atoms with Crippen molar-refractivity contribution in [2.24, 2.45) is 5.92 Å². The Morgan fingerprint density at radius 2 is 1.91 bits per heavy atom. The summed E-state index contributed by atoms with van der Waals surface area (Å²) in [4.78, 5) is 15.0. The van der Waals surface area contributed by atoms with Crippen LogP contribution >= 0.6 is 0 Å². The highest BCUT2D eigenvalue weighted by molar-refractivity contribution is 5.92. The van der Waals surface area contributed by atoms with Gasteiger partial charge in [-0.1, -0.05) is 12.1 Å². The summed E-state index contributed by atoms with van der Waals surface area (Å²) in [5.41, 5.74) is 0.779. The summed E-state index contributed by atoms with van der Waals surface area (Å²) in [7, 11) is 0. The highest BCUT2D eigenvalue weighted by Gasteiger charge is 2.32. The van der Waals surface area contributed by atoms with Crippen LogP contribution in [0.2, 0.25) is 0 Å². The van der Waals surface area contributed by atoms with Gasteiger partial charge in [-0.25, -0.2) is 0 Å². The van der Waals surface area contributed by atoms with Crippen LogP contribution in [0.25, 0.3) is 0 Å². The lowest BCUT2D eigenvalue weighted by molar-refractivity contribution is -0.117. The number of hydrogen-bond donors (Lipinski definition) is 1. The van der Waals surface area contributed by atoms with Gasteiger partial charge in [-0.3, -0.25) is 4.79 Å². The van der Waals surface area contributed by atoms with E-state index in [4.69, 9.17) is 4.74 Å². The maximum Gasteiger partial charge on any atom is 0.224 e. The molecule has 1 heterocycles. The fraction of sp³-hybridized carbons (Fsp3) is 0.632. The highest BCUT2D eigenvalue weighted by Crippen LogP contribution is 2.32. The lowest BCUT2D eigenvalue weighted by Gasteiger charge is -2.31. The van der Waals surface area contributed by atoms with Gasteiger partial charge in [-0.2, -0.15) is 0 Å². The van der Waals surface area contributed by atoms with Gasteiger partial charge in [0.1, 0.15) is 5.75 Å². The monoisotopic (exact) mass is 316 g/mol. The number of nitrogens with one attached hydrogen (secondary N) is 1. The van der Waals surface area contributed by atoms with Crippen molar-refractivity contribution in [3.8, 4) is 5.75 Å². The SMILES string of the molecule is CC(C)Oc1ccccc1NC(=O)CC1CCN(C2CC2)CC1. The summed E-state index contributed by atoms with van der Waals surface area (Å²) in [5, 5.41) is 3.03. The molecule has 0 spiro atoms. The first-order chi connectivity index (χ1) is 11.1. The van der Waals surface area contributed by atoms with Crippen molar-refractivity contribution in [3.63, 3.8) is 0 Å². The first kappa shape index (κ1) is 16.3. The van der Waals surface area contributed by atoms with Crippen molar-refractivity contribution in [2.75, 3.05) is 18.4 Å². The molecular formula is C19H28N2O2. The number of rotatable bonds is 6. The van der Waals surface area contributed by atoms with Crippen molar-refractivity contribution in [2.45, 2.75) is 58.1 Å². The Balaban J connectivity index is 1.49. The number of ether oxygens (including phenoxy) is 1. The summed E-state index contributed by atoms with van der Waals surface area (Å²) in [6, 6.07) is 8.53. The van der Waals surface area contributed by atoms with Gasteiger partial charge in [-0.15, -0.1) is 0 Å². The molecule has 4 nitrogen and oxygen atoms in total. The average molecular weight is 316 g/mol. The first-order valence-corrected chi connectivity index (χ1v) is 8.91. The largest absolute Gasteiger partial charge is 0.489 e. The molecule has 2 aliphatic rings. The fourth-order valence-electron chi connectivity index (χ4n) is 3.35. The zero-order chi connectivity index (χ0) is 16.2. The topological polar surface area (TPSA) is 41.6 Å². The molecule has 4 heteroatoms. The molecule has 3 rings (SSSR count). The van der Waals surface area contributed by atoms with Crippen molar-refractivity contribution in [1.29, 1.82) is 0 Å². The Hall–Kier alpha value is -1.55. The molecule has 1 aliphatic carbocycles. The average Bonchev–Trinajstić information content (AvgIpc) is 3.34. The predicted molar refractivity (Wildman–Crippen MR) is 92.8 cm³/mol. The van der Waals surface area contributed by atoms with Crippen LogP contribution < -0.4 is 10.1 Å².